The Morgan fingerprint density at radius 2 is 1.74 bits per heavy atom. The maximum Gasteiger partial charge on any atom is 0.243 e. The van der Waals surface area contributed by atoms with Crippen LogP contribution in [0.25, 0.3) is 0 Å². The molecule has 0 radical (unpaired) electrons. The first-order valence-corrected chi connectivity index (χ1v) is 6.36. The van der Waals surface area contributed by atoms with Gasteiger partial charge in [0.1, 0.15) is 5.82 Å². The van der Waals surface area contributed by atoms with Crippen LogP contribution >= 0.6 is 0 Å². The molecule has 6 heteroatoms. The van der Waals surface area contributed by atoms with Crippen LogP contribution in [0.2, 0.25) is 0 Å². The van der Waals surface area contributed by atoms with E-state index in [4.69, 9.17) is 5.21 Å². The van der Waals surface area contributed by atoms with Crippen molar-refractivity contribution < 1.29 is 14.8 Å². The van der Waals surface area contributed by atoms with Gasteiger partial charge in [0.05, 0.1) is 0 Å². The fourth-order valence-corrected chi connectivity index (χ4v) is 1.62. The molecule has 0 aliphatic heterocycles. The van der Waals surface area contributed by atoms with Gasteiger partial charge in [-0.1, -0.05) is 18.9 Å². The van der Waals surface area contributed by atoms with E-state index in [1.807, 2.05) is 6.07 Å². The Labute approximate surface area is 112 Å². The van der Waals surface area contributed by atoms with Crippen molar-refractivity contribution in [3.8, 4) is 0 Å². The molecule has 0 aliphatic carbocycles. The van der Waals surface area contributed by atoms with E-state index in [-0.39, 0.29) is 11.8 Å². The van der Waals surface area contributed by atoms with E-state index in [9.17, 15) is 9.59 Å². The number of rotatable bonds is 8. The number of carbonyl (C=O) groups excluding carboxylic acids is 2. The Hall–Kier alpha value is -1.95. The summed E-state index contributed by atoms with van der Waals surface area (Å²) in [5, 5.41) is 11.0. The van der Waals surface area contributed by atoms with E-state index in [1.54, 1.807) is 23.8 Å². The van der Waals surface area contributed by atoms with Crippen molar-refractivity contribution in [1.82, 2.24) is 10.5 Å². The molecule has 1 rings (SSSR count). The quantitative estimate of drug-likeness (QED) is 0.380. The van der Waals surface area contributed by atoms with Crippen LogP contribution in [-0.4, -0.2) is 22.0 Å². The first-order valence-electron chi connectivity index (χ1n) is 6.36. The van der Waals surface area contributed by atoms with Gasteiger partial charge >= 0.3 is 0 Å². The standard InChI is InChI=1S/C13H19N3O3/c17-12(15-11-7-5-6-10-14-11)8-3-1-2-4-9-13(18)16-19/h5-7,10,19H,1-4,8-9H2,(H,16,18)(H,14,15,17). The minimum absolute atomic E-state index is 0.0493. The lowest BCUT2D eigenvalue weighted by molar-refractivity contribution is -0.129. The SMILES string of the molecule is O=C(CCCCCCC(=O)Nc1ccccn1)NO. The maximum atomic E-state index is 11.6. The third-order valence-corrected chi connectivity index (χ3v) is 2.61. The topological polar surface area (TPSA) is 91.3 Å². The second-order valence-corrected chi connectivity index (χ2v) is 4.21. The van der Waals surface area contributed by atoms with Crippen LogP contribution in [0.15, 0.2) is 24.4 Å². The highest BCUT2D eigenvalue weighted by Gasteiger charge is 2.03. The molecule has 1 heterocycles. The zero-order valence-electron chi connectivity index (χ0n) is 10.8. The second kappa shape index (κ2) is 9.04. The molecule has 0 saturated heterocycles. The fourth-order valence-electron chi connectivity index (χ4n) is 1.62. The summed E-state index contributed by atoms with van der Waals surface area (Å²) in [6.45, 7) is 0. The molecule has 0 aliphatic rings. The van der Waals surface area contributed by atoms with Gasteiger partial charge in [-0.2, -0.15) is 0 Å². The van der Waals surface area contributed by atoms with Crippen molar-refractivity contribution in [2.24, 2.45) is 0 Å². The molecule has 0 aromatic carbocycles. The zero-order chi connectivity index (χ0) is 13.9. The number of amides is 2. The fraction of sp³-hybridized carbons (Fsp3) is 0.462. The minimum Gasteiger partial charge on any atom is -0.311 e. The summed E-state index contributed by atoms with van der Waals surface area (Å²) < 4.78 is 0. The number of nitrogens with zero attached hydrogens (tertiary/aromatic N) is 1. The van der Waals surface area contributed by atoms with Crippen LogP contribution in [0.1, 0.15) is 38.5 Å². The van der Waals surface area contributed by atoms with Crippen LogP contribution in [0.5, 0.6) is 0 Å². The third kappa shape index (κ3) is 7.15. The molecular formula is C13H19N3O3. The molecule has 1 aromatic rings. The zero-order valence-corrected chi connectivity index (χ0v) is 10.8. The summed E-state index contributed by atoms with van der Waals surface area (Å²) in [6.07, 6.45) is 5.63. The summed E-state index contributed by atoms with van der Waals surface area (Å²) in [5.74, 6) is 0.145. The van der Waals surface area contributed by atoms with E-state index in [0.29, 0.717) is 25.1 Å². The number of nitrogens with one attached hydrogen (secondary N) is 2. The minimum atomic E-state index is -0.368. The van der Waals surface area contributed by atoms with Crippen LogP contribution in [0, 0.1) is 0 Å². The molecule has 6 nitrogen and oxygen atoms in total. The number of hydrogen-bond donors (Lipinski definition) is 3. The van der Waals surface area contributed by atoms with Crippen LogP contribution in [0.4, 0.5) is 5.82 Å². The van der Waals surface area contributed by atoms with Crippen molar-refractivity contribution in [2.75, 3.05) is 5.32 Å². The summed E-state index contributed by atoms with van der Waals surface area (Å²) in [4.78, 5) is 26.3. The molecule has 0 atom stereocenters. The second-order valence-electron chi connectivity index (χ2n) is 4.21. The molecule has 0 unspecified atom stereocenters. The molecule has 1 aromatic heterocycles. The summed E-state index contributed by atoms with van der Waals surface area (Å²) >= 11 is 0. The summed E-state index contributed by atoms with van der Waals surface area (Å²) in [6, 6.07) is 5.35. The molecule has 2 amide bonds. The van der Waals surface area contributed by atoms with E-state index >= 15 is 0 Å². The predicted molar refractivity (Wildman–Crippen MR) is 70.5 cm³/mol. The highest BCUT2D eigenvalue weighted by Crippen LogP contribution is 2.07. The average molecular weight is 265 g/mol. The molecule has 0 fully saturated rings. The van der Waals surface area contributed by atoms with Crippen LogP contribution < -0.4 is 10.8 Å². The highest BCUT2D eigenvalue weighted by atomic mass is 16.5. The summed E-state index contributed by atoms with van der Waals surface area (Å²) in [5.41, 5.74) is 1.59. The van der Waals surface area contributed by atoms with Gasteiger partial charge in [-0.25, -0.2) is 10.5 Å². The first kappa shape index (κ1) is 15.1. The Kier molecular flexibility index (Phi) is 7.19. The lowest BCUT2D eigenvalue weighted by Crippen LogP contribution is -2.17. The molecule has 104 valence electrons. The molecule has 0 spiro atoms. The van der Waals surface area contributed by atoms with Crippen molar-refractivity contribution in [3.63, 3.8) is 0 Å². The number of hydroxylamine groups is 1. The number of pyridine rings is 1. The Bertz CT molecular complexity index is 395. The van der Waals surface area contributed by atoms with Crippen LogP contribution in [0.3, 0.4) is 0 Å². The third-order valence-electron chi connectivity index (χ3n) is 2.61. The Morgan fingerprint density at radius 3 is 2.32 bits per heavy atom. The van der Waals surface area contributed by atoms with Crippen molar-refractivity contribution in [3.05, 3.63) is 24.4 Å². The summed E-state index contributed by atoms with van der Waals surface area (Å²) in [7, 11) is 0. The Morgan fingerprint density at radius 1 is 1.05 bits per heavy atom. The molecule has 19 heavy (non-hydrogen) atoms. The van der Waals surface area contributed by atoms with Gasteiger partial charge in [0.25, 0.3) is 0 Å². The van der Waals surface area contributed by atoms with Gasteiger partial charge in [-0.15, -0.1) is 0 Å². The number of anilines is 1. The maximum absolute atomic E-state index is 11.6. The van der Waals surface area contributed by atoms with Gasteiger partial charge in [-0.3, -0.25) is 14.8 Å². The van der Waals surface area contributed by atoms with Gasteiger partial charge < -0.3 is 5.32 Å². The highest BCUT2D eigenvalue weighted by molar-refractivity contribution is 5.89. The van der Waals surface area contributed by atoms with Crippen molar-refractivity contribution in [1.29, 1.82) is 0 Å². The van der Waals surface area contributed by atoms with E-state index < -0.39 is 0 Å². The van der Waals surface area contributed by atoms with E-state index in [1.165, 1.54) is 0 Å². The molecule has 0 saturated carbocycles. The van der Waals surface area contributed by atoms with Gasteiger partial charge in [0.15, 0.2) is 0 Å². The van der Waals surface area contributed by atoms with E-state index in [0.717, 1.165) is 19.3 Å². The molecule has 3 N–H and O–H groups in total. The lowest BCUT2D eigenvalue weighted by atomic mass is 10.1. The Balaban J connectivity index is 2.03. The van der Waals surface area contributed by atoms with Gasteiger partial charge in [0, 0.05) is 19.0 Å². The molecular weight excluding hydrogens is 246 g/mol. The van der Waals surface area contributed by atoms with Crippen molar-refractivity contribution >= 4 is 17.6 Å². The van der Waals surface area contributed by atoms with Gasteiger partial charge in [0.2, 0.25) is 11.8 Å². The monoisotopic (exact) mass is 265 g/mol. The number of unbranched alkanes of at least 4 members (excludes halogenated alkanes) is 3. The largest absolute Gasteiger partial charge is 0.311 e. The lowest BCUT2D eigenvalue weighted by Gasteiger charge is -2.04. The smallest absolute Gasteiger partial charge is 0.243 e. The predicted octanol–water partition coefficient (Wildman–Crippen LogP) is 1.87. The average Bonchev–Trinajstić information content (AvgIpc) is 2.43. The van der Waals surface area contributed by atoms with Crippen molar-refractivity contribution in [2.45, 2.75) is 38.5 Å². The number of hydrogen-bond acceptors (Lipinski definition) is 4. The normalized spacial score (nSPS) is 9.95. The van der Waals surface area contributed by atoms with Crippen LogP contribution in [-0.2, 0) is 9.59 Å². The van der Waals surface area contributed by atoms with E-state index in [2.05, 4.69) is 10.3 Å². The van der Waals surface area contributed by atoms with Gasteiger partial charge in [-0.05, 0) is 25.0 Å². The number of carbonyl (C=O) groups is 2. The number of aromatic nitrogens is 1. The first-order chi connectivity index (χ1) is 9.22. The molecule has 0 bridgehead atoms.